The Bertz CT molecular complexity index is 736. The molecule has 0 radical (unpaired) electrons. The Morgan fingerprint density at radius 3 is 2.57 bits per heavy atom. The fourth-order valence-corrected chi connectivity index (χ4v) is 4.03. The summed E-state index contributed by atoms with van der Waals surface area (Å²) in [6, 6.07) is 3.30. The topological polar surface area (TPSA) is 94.8 Å². The Balaban J connectivity index is 1.65. The number of rotatable bonds is 4. The molecule has 0 aromatic carbocycles. The van der Waals surface area contributed by atoms with Crippen LogP contribution in [0.25, 0.3) is 0 Å². The van der Waals surface area contributed by atoms with Crippen LogP contribution in [0.3, 0.4) is 0 Å². The molecule has 1 fully saturated rings. The molecule has 1 aromatic rings. The van der Waals surface area contributed by atoms with E-state index in [1.807, 2.05) is 6.92 Å². The first-order valence-corrected chi connectivity index (χ1v) is 10.1. The van der Waals surface area contributed by atoms with E-state index in [2.05, 4.69) is 25.8 Å². The van der Waals surface area contributed by atoms with Gasteiger partial charge < -0.3 is 15.2 Å². The SMILES string of the molecule is CCC1Oc2ccc(N)nc2N(CC(=O)OC2CCC(C(C)(C)C)CC2)C1=O. The lowest BCUT2D eigenvalue weighted by molar-refractivity contribution is -0.150. The molecular weight excluding hydrogens is 358 g/mol. The van der Waals surface area contributed by atoms with Crippen LogP contribution in [0.15, 0.2) is 12.1 Å². The Hall–Kier alpha value is -2.31. The lowest BCUT2D eigenvalue weighted by Gasteiger charge is -2.37. The standard InChI is InChI=1S/C21H31N3O4/c1-5-15-20(26)24(19-16(28-15)10-11-17(22)23-19)12-18(25)27-14-8-6-13(7-9-14)21(2,3)4/h10-11,13-15H,5-9,12H2,1-4H3,(H2,22,23). The van der Waals surface area contributed by atoms with Gasteiger partial charge in [-0.2, -0.15) is 0 Å². The minimum Gasteiger partial charge on any atom is -0.477 e. The van der Waals surface area contributed by atoms with Crippen molar-refractivity contribution < 1.29 is 19.1 Å². The van der Waals surface area contributed by atoms with Gasteiger partial charge in [0.25, 0.3) is 5.91 Å². The first-order chi connectivity index (χ1) is 13.2. The van der Waals surface area contributed by atoms with Crippen LogP contribution in [-0.2, 0) is 14.3 Å². The summed E-state index contributed by atoms with van der Waals surface area (Å²) in [5, 5.41) is 0. The van der Waals surface area contributed by atoms with Crippen molar-refractivity contribution in [3.63, 3.8) is 0 Å². The van der Waals surface area contributed by atoms with Crippen molar-refractivity contribution in [3.8, 4) is 5.75 Å². The highest BCUT2D eigenvalue weighted by atomic mass is 16.5. The Morgan fingerprint density at radius 2 is 1.96 bits per heavy atom. The number of ether oxygens (including phenoxy) is 2. The number of pyridine rings is 1. The number of aromatic nitrogens is 1. The van der Waals surface area contributed by atoms with Crippen LogP contribution < -0.4 is 15.4 Å². The molecule has 154 valence electrons. The van der Waals surface area contributed by atoms with Crippen LogP contribution in [0.4, 0.5) is 11.6 Å². The molecule has 1 aliphatic carbocycles. The summed E-state index contributed by atoms with van der Waals surface area (Å²) < 4.78 is 11.4. The van der Waals surface area contributed by atoms with Crippen LogP contribution in [0, 0.1) is 11.3 Å². The van der Waals surface area contributed by atoms with Crippen LogP contribution in [-0.4, -0.2) is 35.6 Å². The third-order valence-electron chi connectivity index (χ3n) is 5.78. The van der Waals surface area contributed by atoms with Crippen molar-refractivity contribution in [1.29, 1.82) is 0 Å². The van der Waals surface area contributed by atoms with Gasteiger partial charge in [0, 0.05) is 0 Å². The second-order valence-corrected chi connectivity index (χ2v) is 8.83. The maximum Gasteiger partial charge on any atom is 0.326 e. The van der Waals surface area contributed by atoms with Crippen molar-refractivity contribution in [1.82, 2.24) is 4.98 Å². The van der Waals surface area contributed by atoms with E-state index in [9.17, 15) is 9.59 Å². The number of nitrogens with two attached hydrogens (primary N) is 1. The number of hydrogen-bond acceptors (Lipinski definition) is 6. The molecule has 2 N–H and O–H groups in total. The summed E-state index contributed by atoms with van der Waals surface area (Å²) in [5.41, 5.74) is 6.04. The predicted molar refractivity (Wildman–Crippen MR) is 107 cm³/mol. The molecule has 7 heteroatoms. The van der Waals surface area contributed by atoms with Gasteiger partial charge in [-0.3, -0.25) is 14.5 Å². The zero-order valence-corrected chi connectivity index (χ0v) is 17.2. The predicted octanol–water partition coefficient (Wildman–Crippen LogP) is 3.32. The van der Waals surface area contributed by atoms with E-state index in [0.717, 1.165) is 25.7 Å². The smallest absolute Gasteiger partial charge is 0.326 e. The lowest BCUT2D eigenvalue weighted by atomic mass is 9.72. The summed E-state index contributed by atoms with van der Waals surface area (Å²) in [7, 11) is 0. The minimum atomic E-state index is -0.632. The van der Waals surface area contributed by atoms with Gasteiger partial charge in [0.15, 0.2) is 17.7 Å². The van der Waals surface area contributed by atoms with Crippen LogP contribution >= 0.6 is 0 Å². The zero-order valence-electron chi connectivity index (χ0n) is 17.2. The summed E-state index contributed by atoms with van der Waals surface area (Å²) in [6.45, 7) is 8.46. The first-order valence-electron chi connectivity index (χ1n) is 10.1. The van der Waals surface area contributed by atoms with Gasteiger partial charge in [-0.05, 0) is 55.6 Å². The Kier molecular flexibility index (Phi) is 5.82. The number of carbonyl (C=O) groups excluding carboxylic acids is 2. The van der Waals surface area contributed by atoms with Crippen molar-refractivity contribution >= 4 is 23.5 Å². The molecule has 1 atom stereocenters. The quantitative estimate of drug-likeness (QED) is 0.794. The van der Waals surface area contributed by atoms with Crippen LogP contribution in [0.5, 0.6) is 5.75 Å². The fraction of sp³-hybridized carbons (Fsp3) is 0.667. The van der Waals surface area contributed by atoms with Gasteiger partial charge >= 0.3 is 5.97 Å². The average molecular weight is 389 g/mol. The monoisotopic (exact) mass is 389 g/mol. The maximum atomic E-state index is 12.7. The number of carbonyl (C=O) groups is 2. The molecule has 0 spiro atoms. The van der Waals surface area contributed by atoms with E-state index in [0.29, 0.717) is 18.1 Å². The molecule has 0 saturated heterocycles. The van der Waals surface area contributed by atoms with Crippen molar-refractivity contribution in [2.24, 2.45) is 11.3 Å². The Labute approximate surface area is 166 Å². The second kappa shape index (κ2) is 7.97. The summed E-state index contributed by atoms with van der Waals surface area (Å²) in [4.78, 5) is 30.8. The Morgan fingerprint density at radius 1 is 1.29 bits per heavy atom. The van der Waals surface area contributed by atoms with Crippen molar-refractivity contribution in [2.45, 2.75) is 72.0 Å². The summed E-state index contributed by atoms with van der Waals surface area (Å²) in [6.07, 6.45) is 3.62. The van der Waals surface area contributed by atoms with E-state index in [1.54, 1.807) is 12.1 Å². The molecule has 1 unspecified atom stereocenters. The minimum absolute atomic E-state index is 0.0857. The third-order valence-corrected chi connectivity index (χ3v) is 5.78. The summed E-state index contributed by atoms with van der Waals surface area (Å²) >= 11 is 0. The molecule has 1 amide bonds. The maximum absolute atomic E-state index is 12.7. The number of hydrogen-bond donors (Lipinski definition) is 1. The van der Waals surface area contributed by atoms with E-state index < -0.39 is 12.1 Å². The van der Waals surface area contributed by atoms with E-state index in [-0.39, 0.29) is 35.6 Å². The van der Waals surface area contributed by atoms with Crippen LogP contribution in [0.1, 0.15) is 59.8 Å². The molecule has 1 aliphatic heterocycles. The number of anilines is 2. The molecule has 7 nitrogen and oxygen atoms in total. The highest BCUT2D eigenvalue weighted by Crippen LogP contribution is 2.39. The lowest BCUT2D eigenvalue weighted by Crippen LogP contribution is -2.49. The van der Waals surface area contributed by atoms with Gasteiger partial charge in [-0.1, -0.05) is 27.7 Å². The van der Waals surface area contributed by atoms with Crippen LogP contribution in [0.2, 0.25) is 0 Å². The zero-order chi connectivity index (χ0) is 20.5. The highest BCUT2D eigenvalue weighted by Gasteiger charge is 2.37. The number of fused-ring (bicyclic) bond motifs is 1. The highest BCUT2D eigenvalue weighted by molar-refractivity contribution is 6.02. The van der Waals surface area contributed by atoms with E-state index in [1.165, 1.54) is 4.90 Å². The van der Waals surface area contributed by atoms with E-state index in [4.69, 9.17) is 15.2 Å². The largest absolute Gasteiger partial charge is 0.477 e. The van der Waals surface area contributed by atoms with E-state index >= 15 is 0 Å². The number of nitrogen functional groups attached to an aromatic ring is 1. The van der Waals surface area contributed by atoms with Gasteiger partial charge in [-0.25, -0.2) is 4.98 Å². The van der Waals surface area contributed by atoms with Gasteiger partial charge in [0.1, 0.15) is 18.5 Å². The molecule has 1 saturated carbocycles. The summed E-state index contributed by atoms with van der Waals surface area (Å²) in [5.74, 6) is 0.944. The second-order valence-electron chi connectivity index (χ2n) is 8.83. The number of amides is 1. The number of nitrogens with zero attached hydrogens (tertiary/aromatic N) is 2. The molecule has 3 rings (SSSR count). The van der Waals surface area contributed by atoms with Gasteiger partial charge in [0.05, 0.1) is 0 Å². The molecule has 2 heterocycles. The van der Waals surface area contributed by atoms with Crippen molar-refractivity contribution in [3.05, 3.63) is 12.1 Å². The number of esters is 1. The first kappa shape index (κ1) is 20.4. The van der Waals surface area contributed by atoms with Crippen molar-refractivity contribution in [2.75, 3.05) is 17.2 Å². The molecule has 28 heavy (non-hydrogen) atoms. The van der Waals surface area contributed by atoms with Gasteiger partial charge in [-0.15, -0.1) is 0 Å². The molecular formula is C21H31N3O4. The normalized spacial score (nSPS) is 25.1. The third kappa shape index (κ3) is 4.39. The van der Waals surface area contributed by atoms with Gasteiger partial charge in [0.2, 0.25) is 0 Å². The fourth-order valence-electron chi connectivity index (χ4n) is 4.03. The molecule has 0 bridgehead atoms. The average Bonchev–Trinajstić information content (AvgIpc) is 2.63. The molecule has 2 aliphatic rings. The molecule has 1 aromatic heterocycles.